The highest BCUT2D eigenvalue weighted by molar-refractivity contribution is 8.13. The van der Waals surface area contributed by atoms with Crippen LogP contribution in [-0.2, 0) is 6.42 Å². The van der Waals surface area contributed by atoms with Crippen LogP contribution in [0.3, 0.4) is 0 Å². The Morgan fingerprint density at radius 1 is 1.15 bits per heavy atom. The minimum atomic E-state index is -0.283. The lowest BCUT2D eigenvalue weighted by molar-refractivity contribution is 0.243. The van der Waals surface area contributed by atoms with E-state index in [1.54, 1.807) is 4.57 Å². The van der Waals surface area contributed by atoms with E-state index in [2.05, 4.69) is 75.6 Å². The normalized spacial score (nSPS) is 22.7. The van der Waals surface area contributed by atoms with E-state index in [0.717, 1.165) is 80.6 Å². The minimum absolute atomic E-state index is 0.183. The number of nitrogens with two attached hydrogens (primary N) is 2. The number of hydrogen-bond acceptors (Lipinski definition) is 7. The molecular formula is C36H48N8OS. The van der Waals surface area contributed by atoms with Crippen molar-refractivity contribution >= 4 is 28.0 Å². The van der Waals surface area contributed by atoms with Crippen molar-refractivity contribution in [3.63, 3.8) is 0 Å². The maximum atomic E-state index is 13.2. The summed E-state index contributed by atoms with van der Waals surface area (Å²) < 4.78 is 1.66. The van der Waals surface area contributed by atoms with E-state index >= 15 is 0 Å². The van der Waals surface area contributed by atoms with Gasteiger partial charge in [0.15, 0.2) is 5.17 Å². The number of aromatic amines is 1. The van der Waals surface area contributed by atoms with Crippen molar-refractivity contribution in [3.8, 4) is 5.69 Å². The molecule has 0 spiro atoms. The van der Waals surface area contributed by atoms with Crippen molar-refractivity contribution in [2.45, 2.75) is 82.5 Å². The standard InChI is InChI=1S/C36H48N8OS/c1-24(37)7-6-17-43-22-26(19-25-8-3-2-4-9-25)20-33(43)32-21-28-23-44(36(45)42-34(28)41-32)30-14-12-27(13-15-30)31-11-5-10-29(40-31)16-18-46-35(38)39/h2-4,8-9,12-15,21,23-24,26,29,31,33,40H,5-7,10-11,16-20,22,37H2,1H3,(H3,38,39)(H,41,42,45)/t24-,26-,29+,31+,33?/m1/s1. The van der Waals surface area contributed by atoms with E-state index in [1.165, 1.54) is 29.3 Å². The molecule has 2 aromatic carbocycles. The van der Waals surface area contributed by atoms with E-state index in [1.807, 2.05) is 18.3 Å². The maximum Gasteiger partial charge on any atom is 0.354 e. The Morgan fingerprint density at radius 2 is 1.96 bits per heavy atom. The summed E-state index contributed by atoms with van der Waals surface area (Å²) in [6, 6.07) is 22.4. The number of amidine groups is 1. The van der Waals surface area contributed by atoms with Crippen LogP contribution in [0.15, 0.2) is 71.7 Å². The van der Waals surface area contributed by atoms with Crippen LogP contribution in [0, 0.1) is 11.3 Å². The number of fused-ring (bicyclic) bond motifs is 1. The molecule has 2 fully saturated rings. The van der Waals surface area contributed by atoms with Gasteiger partial charge in [0.2, 0.25) is 0 Å². The number of H-pyrrole nitrogens is 1. The number of rotatable bonds is 12. The van der Waals surface area contributed by atoms with Gasteiger partial charge in [-0.2, -0.15) is 4.98 Å². The van der Waals surface area contributed by atoms with Gasteiger partial charge in [0.05, 0.1) is 11.7 Å². The number of aromatic nitrogens is 3. The second kappa shape index (κ2) is 15.0. The first-order chi connectivity index (χ1) is 22.3. The van der Waals surface area contributed by atoms with E-state index in [-0.39, 0.29) is 29.0 Å². The number of benzene rings is 2. The largest absolute Gasteiger partial charge is 0.379 e. The second-order valence-corrected chi connectivity index (χ2v) is 14.4. The predicted octanol–water partition coefficient (Wildman–Crippen LogP) is 5.65. The zero-order valence-electron chi connectivity index (χ0n) is 26.8. The topological polar surface area (TPSA) is 142 Å². The fourth-order valence-electron chi connectivity index (χ4n) is 7.35. The summed E-state index contributed by atoms with van der Waals surface area (Å²) in [5, 5.41) is 12.4. The summed E-state index contributed by atoms with van der Waals surface area (Å²) in [6.07, 6.45) is 10.5. The Labute approximate surface area is 276 Å². The molecule has 0 radical (unpaired) electrons. The Morgan fingerprint density at radius 3 is 2.72 bits per heavy atom. The van der Waals surface area contributed by atoms with Gasteiger partial charge in [-0.05, 0) is 93.7 Å². The molecule has 0 saturated carbocycles. The van der Waals surface area contributed by atoms with Gasteiger partial charge >= 0.3 is 5.69 Å². The molecule has 4 aromatic rings. The van der Waals surface area contributed by atoms with Gasteiger partial charge in [-0.1, -0.05) is 60.6 Å². The van der Waals surface area contributed by atoms with Crippen LogP contribution in [0.5, 0.6) is 0 Å². The number of nitrogens with one attached hydrogen (secondary N) is 3. The van der Waals surface area contributed by atoms with Crippen molar-refractivity contribution in [2.75, 3.05) is 18.8 Å². The molecule has 7 N–H and O–H groups in total. The molecule has 46 heavy (non-hydrogen) atoms. The van der Waals surface area contributed by atoms with Gasteiger partial charge in [-0.25, -0.2) is 4.79 Å². The zero-order valence-corrected chi connectivity index (χ0v) is 27.6. The van der Waals surface area contributed by atoms with Crippen molar-refractivity contribution < 1.29 is 0 Å². The molecule has 5 atom stereocenters. The summed E-state index contributed by atoms with van der Waals surface area (Å²) in [7, 11) is 0. The molecule has 0 amide bonds. The Bertz CT molecular complexity index is 1650. The Hall–Kier alpha value is -3.44. The first-order valence-electron chi connectivity index (χ1n) is 16.8. The van der Waals surface area contributed by atoms with Gasteiger partial charge in [-0.15, -0.1) is 0 Å². The third-order valence-corrected chi connectivity index (χ3v) is 10.4. The monoisotopic (exact) mass is 640 g/mol. The lowest BCUT2D eigenvalue weighted by Gasteiger charge is -2.31. The smallest absolute Gasteiger partial charge is 0.354 e. The first-order valence-corrected chi connectivity index (χ1v) is 17.8. The van der Waals surface area contributed by atoms with E-state index in [4.69, 9.17) is 16.9 Å². The van der Waals surface area contributed by atoms with Gasteiger partial charge in [0.25, 0.3) is 0 Å². The molecule has 244 valence electrons. The molecule has 2 aliphatic heterocycles. The number of piperidine rings is 1. The average Bonchev–Trinajstić information content (AvgIpc) is 3.64. The number of hydrogen-bond donors (Lipinski definition) is 5. The van der Waals surface area contributed by atoms with Crippen LogP contribution in [0.25, 0.3) is 16.7 Å². The van der Waals surface area contributed by atoms with Crippen LogP contribution in [0.4, 0.5) is 0 Å². The summed E-state index contributed by atoms with van der Waals surface area (Å²) in [4.78, 5) is 23.8. The fourth-order valence-corrected chi connectivity index (χ4v) is 7.97. The molecule has 9 nitrogen and oxygen atoms in total. The van der Waals surface area contributed by atoms with Gasteiger partial charge < -0.3 is 21.8 Å². The average molecular weight is 641 g/mol. The third kappa shape index (κ3) is 8.09. The van der Waals surface area contributed by atoms with Crippen molar-refractivity contribution in [2.24, 2.45) is 17.4 Å². The lowest BCUT2D eigenvalue weighted by atomic mass is 9.92. The molecule has 6 rings (SSSR count). The second-order valence-electron chi connectivity index (χ2n) is 13.3. The molecule has 10 heteroatoms. The van der Waals surface area contributed by atoms with Crippen LogP contribution < -0.4 is 22.5 Å². The Kier molecular flexibility index (Phi) is 10.6. The van der Waals surface area contributed by atoms with Gasteiger partial charge in [0.1, 0.15) is 5.65 Å². The third-order valence-electron chi connectivity index (χ3n) is 9.63. The molecule has 0 aliphatic carbocycles. The summed E-state index contributed by atoms with van der Waals surface area (Å²) in [5.74, 6) is 1.42. The fraction of sp³-hybridized carbons (Fsp3) is 0.472. The predicted molar refractivity (Wildman–Crippen MR) is 190 cm³/mol. The van der Waals surface area contributed by atoms with E-state index in [9.17, 15) is 4.79 Å². The molecule has 1 unspecified atom stereocenters. The zero-order chi connectivity index (χ0) is 32.0. The summed E-state index contributed by atoms with van der Waals surface area (Å²) in [5.41, 5.74) is 16.5. The van der Waals surface area contributed by atoms with Crippen molar-refractivity contribution in [1.82, 2.24) is 24.8 Å². The first kappa shape index (κ1) is 32.5. The molecular weight excluding hydrogens is 593 g/mol. The maximum absolute atomic E-state index is 13.2. The SMILES string of the molecule is C[C@@H](N)CCCN1C[C@H](Cc2ccccc2)CC1c1cc2cn(-c3ccc([C@@H]4CCC[C@@H](CCSC(=N)N)N4)cc3)c(=O)nc2[nH]1. The quantitative estimate of drug-likeness (QED) is 0.0996. The van der Waals surface area contributed by atoms with Crippen LogP contribution in [-0.4, -0.2) is 55.5 Å². The van der Waals surface area contributed by atoms with Crippen molar-refractivity contribution in [1.29, 1.82) is 5.41 Å². The van der Waals surface area contributed by atoms with Gasteiger partial charge in [0, 0.05) is 47.7 Å². The number of nitrogens with zero attached hydrogens (tertiary/aromatic N) is 3. The van der Waals surface area contributed by atoms with Crippen molar-refractivity contribution in [3.05, 3.63) is 94.2 Å². The van der Waals surface area contributed by atoms with Gasteiger partial charge in [-0.3, -0.25) is 14.9 Å². The van der Waals surface area contributed by atoms with E-state index in [0.29, 0.717) is 17.6 Å². The molecule has 0 bridgehead atoms. The summed E-state index contributed by atoms with van der Waals surface area (Å²) >= 11 is 1.41. The lowest BCUT2D eigenvalue weighted by Crippen LogP contribution is -2.37. The Balaban J connectivity index is 1.17. The molecule has 4 heterocycles. The highest BCUT2D eigenvalue weighted by Crippen LogP contribution is 2.38. The summed E-state index contributed by atoms with van der Waals surface area (Å²) in [6.45, 7) is 4.14. The number of likely N-dealkylation sites (tertiary alicyclic amines) is 1. The van der Waals surface area contributed by atoms with Crippen LogP contribution in [0.2, 0.25) is 0 Å². The highest BCUT2D eigenvalue weighted by Gasteiger charge is 2.34. The highest BCUT2D eigenvalue weighted by atomic mass is 32.2. The molecule has 2 aliphatic rings. The molecule has 2 saturated heterocycles. The van der Waals surface area contributed by atoms with E-state index < -0.39 is 0 Å². The van der Waals surface area contributed by atoms with Crippen LogP contribution in [0.1, 0.15) is 80.8 Å². The molecule has 2 aromatic heterocycles. The minimum Gasteiger partial charge on any atom is -0.379 e. The van der Waals surface area contributed by atoms with Crippen LogP contribution >= 0.6 is 11.8 Å². The number of thioether (sulfide) groups is 1.